The maximum Gasteiger partial charge on any atom is 0.244 e. The minimum Gasteiger partial charge on any atom is -0.338 e. The summed E-state index contributed by atoms with van der Waals surface area (Å²) in [4.78, 5) is 15.2. The number of aromatic nitrogens is 3. The van der Waals surface area contributed by atoms with Crippen molar-refractivity contribution in [3.05, 3.63) is 42.0 Å². The van der Waals surface area contributed by atoms with Gasteiger partial charge in [-0.3, -0.25) is 4.98 Å². The highest BCUT2D eigenvalue weighted by atomic mass is 32.2. The van der Waals surface area contributed by atoms with Crippen LogP contribution in [0.2, 0.25) is 0 Å². The molecule has 2 aromatic heterocycles. The lowest BCUT2D eigenvalue weighted by Crippen LogP contribution is -2.49. The Morgan fingerprint density at radius 3 is 2.54 bits per heavy atom. The molecule has 0 spiro atoms. The molecule has 3 heterocycles. The third-order valence-corrected chi connectivity index (χ3v) is 5.93. The standard InChI is InChI=1S/C16H21N5O2S/c1-3-14-11-13(2)18-16(19-14)20-7-9-21(10-8-20)24(22,23)15-5-4-6-17-12-15/h4-6,11-12H,3,7-10H2,1-2H3. The first-order chi connectivity index (χ1) is 11.5. The molecule has 0 N–H and O–H groups in total. The molecule has 1 fully saturated rings. The van der Waals surface area contributed by atoms with Gasteiger partial charge < -0.3 is 4.90 Å². The van der Waals surface area contributed by atoms with Crippen molar-refractivity contribution in [2.24, 2.45) is 0 Å². The normalized spacial score (nSPS) is 16.3. The minimum absolute atomic E-state index is 0.235. The fraction of sp³-hybridized carbons (Fsp3) is 0.438. The summed E-state index contributed by atoms with van der Waals surface area (Å²) in [6.45, 7) is 5.99. The average Bonchev–Trinajstić information content (AvgIpc) is 2.62. The van der Waals surface area contributed by atoms with E-state index < -0.39 is 10.0 Å². The SMILES string of the molecule is CCc1cc(C)nc(N2CCN(S(=O)(=O)c3cccnc3)CC2)n1. The highest BCUT2D eigenvalue weighted by molar-refractivity contribution is 7.89. The second kappa shape index (κ2) is 6.82. The number of sulfonamides is 1. The molecule has 0 amide bonds. The summed E-state index contributed by atoms with van der Waals surface area (Å²) in [7, 11) is -3.49. The Labute approximate surface area is 142 Å². The van der Waals surface area contributed by atoms with Crippen LogP contribution >= 0.6 is 0 Å². The van der Waals surface area contributed by atoms with Gasteiger partial charge in [-0.15, -0.1) is 0 Å². The second-order valence-corrected chi connectivity index (χ2v) is 7.67. The van der Waals surface area contributed by atoms with Crippen molar-refractivity contribution in [3.63, 3.8) is 0 Å². The van der Waals surface area contributed by atoms with Gasteiger partial charge in [-0.25, -0.2) is 18.4 Å². The summed E-state index contributed by atoms with van der Waals surface area (Å²) in [6, 6.07) is 5.19. The quantitative estimate of drug-likeness (QED) is 0.828. The van der Waals surface area contributed by atoms with Crippen LogP contribution in [-0.4, -0.2) is 53.9 Å². The van der Waals surface area contributed by atoms with Gasteiger partial charge in [-0.05, 0) is 31.5 Å². The lowest BCUT2D eigenvalue weighted by atomic mass is 10.3. The van der Waals surface area contributed by atoms with Crippen LogP contribution in [0, 0.1) is 6.92 Å². The van der Waals surface area contributed by atoms with Gasteiger partial charge in [0, 0.05) is 50.0 Å². The molecule has 0 atom stereocenters. The molecule has 128 valence electrons. The molecule has 3 rings (SSSR count). The first-order valence-electron chi connectivity index (χ1n) is 8.00. The fourth-order valence-corrected chi connectivity index (χ4v) is 4.10. The number of piperazine rings is 1. The zero-order valence-corrected chi connectivity index (χ0v) is 14.7. The van der Waals surface area contributed by atoms with Gasteiger partial charge in [0.25, 0.3) is 0 Å². The summed E-state index contributed by atoms with van der Waals surface area (Å²) in [5.74, 6) is 0.685. The summed E-state index contributed by atoms with van der Waals surface area (Å²) < 4.78 is 26.7. The third-order valence-electron chi connectivity index (χ3n) is 4.05. The second-order valence-electron chi connectivity index (χ2n) is 5.73. The van der Waals surface area contributed by atoms with Crippen LogP contribution in [0.5, 0.6) is 0 Å². The van der Waals surface area contributed by atoms with Gasteiger partial charge in [0.15, 0.2) is 0 Å². The van der Waals surface area contributed by atoms with Crippen molar-refractivity contribution in [1.82, 2.24) is 19.3 Å². The molecular weight excluding hydrogens is 326 g/mol. The molecule has 0 unspecified atom stereocenters. The van der Waals surface area contributed by atoms with Gasteiger partial charge >= 0.3 is 0 Å². The molecular formula is C16H21N5O2S. The lowest BCUT2D eigenvalue weighted by molar-refractivity contribution is 0.382. The highest BCUT2D eigenvalue weighted by Crippen LogP contribution is 2.19. The van der Waals surface area contributed by atoms with E-state index in [9.17, 15) is 8.42 Å². The van der Waals surface area contributed by atoms with E-state index in [4.69, 9.17) is 0 Å². The predicted octanol–water partition coefficient (Wildman–Crippen LogP) is 1.25. The maximum atomic E-state index is 12.6. The van der Waals surface area contributed by atoms with Gasteiger partial charge in [0.05, 0.1) is 0 Å². The van der Waals surface area contributed by atoms with Crippen molar-refractivity contribution >= 4 is 16.0 Å². The van der Waals surface area contributed by atoms with Crippen LogP contribution < -0.4 is 4.90 Å². The van der Waals surface area contributed by atoms with Crippen molar-refractivity contribution in [1.29, 1.82) is 0 Å². The van der Waals surface area contributed by atoms with Crippen LogP contribution in [0.15, 0.2) is 35.5 Å². The van der Waals surface area contributed by atoms with E-state index in [1.54, 1.807) is 18.3 Å². The molecule has 1 aliphatic rings. The largest absolute Gasteiger partial charge is 0.338 e. The van der Waals surface area contributed by atoms with Crippen LogP contribution in [0.25, 0.3) is 0 Å². The van der Waals surface area contributed by atoms with Gasteiger partial charge in [-0.1, -0.05) is 6.92 Å². The lowest BCUT2D eigenvalue weighted by Gasteiger charge is -2.34. The van der Waals surface area contributed by atoms with E-state index in [-0.39, 0.29) is 4.90 Å². The Balaban J connectivity index is 1.73. The van der Waals surface area contributed by atoms with E-state index in [0.29, 0.717) is 32.1 Å². The number of pyridine rings is 1. The van der Waals surface area contributed by atoms with Crippen LogP contribution in [-0.2, 0) is 16.4 Å². The number of hydrogen-bond acceptors (Lipinski definition) is 6. The maximum absolute atomic E-state index is 12.6. The monoisotopic (exact) mass is 347 g/mol. The van der Waals surface area contributed by atoms with Crippen molar-refractivity contribution in [2.45, 2.75) is 25.2 Å². The number of hydrogen-bond donors (Lipinski definition) is 0. The molecule has 1 aliphatic heterocycles. The molecule has 0 radical (unpaired) electrons. The first kappa shape index (κ1) is 16.8. The summed E-state index contributed by atoms with van der Waals surface area (Å²) in [6.07, 6.45) is 3.81. The van der Waals surface area contributed by atoms with E-state index in [0.717, 1.165) is 17.8 Å². The minimum atomic E-state index is -3.49. The molecule has 0 aliphatic carbocycles. The van der Waals surface area contributed by atoms with Gasteiger partial charge in [-0.2, -0.15) is 4.31 Å². The Kier molecular flexibility index (Phi) is 4.77. The Hall–Kier alpha value is -2.06. The Morgan fingerprint density at radius 1 is 1.17 bits per heavy atom. The highest BCUT2D eigenvalue weighted by Gasteiger charge is 2.29. The van der Waals surface area contributed by atoms with Crippen molar-refractivity contribution in [3.8, 4) is 0 Å². The number of aryl methyl sites for hydroxylation is 2. The van der Waals surface area contributed by atoms with Gasteiger partial charge in [0.2, 0.25) is 16.0 Å². The molecule has 8 heteroatoms. The average molecular weight is 347 g/mol. The smallest absolute Gasteiger partial charge is 0.244 e. The zero-order valence-electron chi connectivity index (χ0n) is 13.9. The van der Waals surface area contributed by atoms with E-state index >= 15 is 0 Å². The summed E-state index contributed by atoms with van der Waals surface area (Å²) in [5, 5.41) is 0. The van der Waals surface area contributed by atoms with Crippen LogP contribution in [0.4, 0.5) is 5.95 Å². The van der Waals surface area contributed by atoms with E-state index in [2.05, 4.69) is 21.9 Å². The van der Waals surface area contributed by atoms with Crippen LogP contribution in [0.3, 0.4) is 0 Å². The Morgan fingerprint density at radius 2 is 1.92 bits per heavy atom. The summed E-state index contributed by atoms with van der Waals surface area (Å²) in [5.41, 5.74) is 1.94. The molecule has 0 bridgehead atoms. The van der Waals surface area contributed by atoms with Gasteiger partial charge in [0.1, 0.15) is 4.90 Å². The van der Waals surface area contributed by atoms with Crippen molar-refractivity contribution < 1.29 is 8.42 Å². The van der Waals surface area contributed by atoms with E-state index in [1.807, 2.05) is 17.9 Å². The van der Waals surface area contributed by atoms with Crippen molar-refractivity contribution in [2.75, 3.05) is 31.1 Å². The Bertz CT molecular complexity index is 802. The molecule has 24 heavy (non-hydrogen) atoms. The van der Waals surface area contributed by atoms with E-state index in [1.165, 1.54) is 10.5 Å². The number of anilines is 1. The first-order valence-corrected chi connectivity index (χ1v) is 9.44. The zero-order chi connectivity index (χ0) is 17.2. The third kappa shape index (κ3) is 3.39. The fourth-order valence-electron chi connectivity index (χ4n) is 2.72. The molecule has 0 saturated carbocycles. The predicted molar refractivity (Wildman–Crippen MR) is 91.4 cm³/mol. The molecule has 7 nitrogen and oxygen atoms in total. The van der Waals surface area contributed by atoms with Crippen LogP contribution in [0.1, 0.15) is 18.3 Å². The summed E-state index contributed by atoms with van der Waals surface area (Å²) >= 11 is 0. The number of rotatable bonds is 4. The molecule has 0 aromatic carbocycles. The molecule has 1 saturated heterocycles. The topological polar surface area (TPSA) is 79.3 Å². The number of nitrogens with zero attached hydrogens (tertiary/aromatic N) is 5. The molecule has 2 aromatic rings.